The van der Waals surface area contributed by atoms with E-state index in [-0.39, 0.29) is 0 Å². The van der Waals surface area contributed by atoms with E-state index in [1.807, 2.05) is 26.3 Å². The van der Waals surface area contributed by atoms with Crippen molar-refractivity contribution in [1.82, 2.24) is 20.7 Å². The number of dihydropyridines is 1. The molecule has 1 saturated heterocycles. The molecule has 5 nitrogen and oxygen atoms in total. The number of fused-ring (bicyclic) bond motifs is 1. The number of piperidine rings is 1. The molecule has 0 radical (unpaired) electrons. The fourth-order valence-corrected chi connectivity index (χ4v) is 4.62. The third kappa shape index (κ3) is 7.68. The van der Waals surface area contributed by atoms with Crippen molar-refractivity contribution >= 4 is 11.8 Å². The van der Waals surface area contributed by atoms with E-state index in [0.717, 1.165) is 30.9 Å². The zero-order valence-electron chi connectivity index (χ0n) is 22.3. The van der Waals surface area contributed by atoms with Crippen molar-refractivity contribution in [3.05, 3.63) is 76.9 Å². The van der Waals surface area contributed by atoms with Crippen molar-refractivity contribution in [2.75, 3.05) is 32.7 Å². The predicted molar refractivity (Wildman–Crippen MR) is 151 cm³/mol. The maximum absolute atomic E-state index is 4.78. The van der Waals surface area contributed by atoms with E-state index in [9.17, 15) is 0 Å². The molecule has 0 bridgehead atoms. The van der Waals surface area contributed by atoms with Crippen molar-refractivity contribution in [1.29, 1.82) is 0 Å². The van der Waals surface area contributed by atoms with Gasteiger partial charge in [0, 0.05) is 36.7 Å². The highest BCUT2D eigenvalue weighted by molar-refractivity contribution is 6.10. The number of hydrogen-bond donors (Lipinski definition) is 2. The van der Waals surface area contributed by atoms with Gasteiger partial charge in [0.25, 0.3) is 0 Å². The van der Waals surface area contributed by atoms with Crippen LogP contribution < -0.4 is 10.7 Å². The number of aryl methyl sites for hydroxylation is 1. The van der Waals surface area contributed by atoms with E-state index in [4.69, 9.17) is 4.99 Å². The van der Waals surface area contributed by atoms with Crippen LogP contribution in [0.15, 0.2) is 70.8 Å². The molecule has 5 heteroatoms. The van der Waals surface area contributed by atoms with Crippen LogP contribution in [0.1, 0.15) is 70.9 Å². The zero-order valence-corrected chi connectivity index (χ0v) is 22.3. The molecule has 0 aromatic heterocycles. The Labute approximate surface area is 213 Å². The van der Waals surface area contributed by atoms with E-state index in [1.54, 1.807) is 0 Å². The lowest BCUT2D eigenvalue weighted by molar-refractivity contribution is 0.226. The molecular formula is C30H45N5. The quantitative estimate of drug-likeness (QED) is 0.526. The Kier molecular flexibility index (Phi) is 11.3. The lowest BCUT2D eigenvalue weighted by Crippen LogP contribution is -2.30. The predicted octanol–water partition coefficient (Wildman–Crippen LogP) is 6.05. The lowest BCUT2D eigenvalue weighted by atomic mass is 10.0. The van der Waals surface area contributed by atoms with Gasteiger partial charge in [0.05, 0.1) is 0 Å². The van der Waals surface area contributed by atoms with Gasteiger partial charge in [0.2, 0.25) is 0 Å². The first kappa shape index (κ1) is 27.0. The van der Waals surface area contributed by atoms with Crippen molar-refractivity contribution in [2.45, 2.75) is 66.2 Å². The topological polar surface area (TPSA) is 42.9 Å². The number of rotatable bonds is 6. The summed E-state index contributed by atoms with van der Waals surface area (Å²) in [5, 5.41) is 5.27. The summed E-state index contributed by atoms with van der Waals surface area (Å²) < 4.78 is 0. The highest BCUT2D eigenvalue weighted by atomic mass is 15.6. The molecule has 35 heavy (non-hydrogen) atoms. The number of nitrogens with zero attached hydrogens (tertiary/aromatic N) is 3. The fraction of sp³-hybridized carbons (Fsp3) is 0.500. The summed E-state index contributed by atoms with van der Waals surface area (Å²) in [6.07, 6.45) is 18.3. The van der Waals surface area contributed by atoms with Crippen LogP contribution >= 0.6 is 0 Å². The van der Waals surface area contributed by atoms with Crippen LogP contribution in [-0.2, 0) is 6.42 Å². The number of hydrazine groups is 1. The molecule has 1 aromatic rings. The normalized spacial score (nSPS) is 19.0. The van der Waals surface area contributed by atoms with Gasteiger partial charge in [-0.2, -0.15) is 0 Å². The molecule has 4 aliphatic rings. The van der Waals surface area contributed by atoms with Gasteiger partial charge in [-0.25, -0.2) is 10.4 Å². The lowest BCUT2D eigenvalue weighted by Gasteiger charge is -2.26. The first-order valence-corrected chi connectivity index (χ1v) is 13.7. The van der Waals surface area contributed by atoms with E-state index in [1.165, 1.54) is 74.0 Å². The highest BCUT2D eigenvalue weighted by Crippen LogP contribution is 2.29. The Balaban J connectivity index is 0.000000638. The molecule has 190 valence electrons. The van der Waals surface area contributed by atoms with Crippen LogP contribution in [0.3, 0.4) is 0 Å². The first-order valence-electron chi connectivity index (χ1n) is 13.7. The Hall–Kier alpha value is -2.63. The summed E-state index contributed by atoms with van der Waals surface area (Å²) in [7, 11) is 0. The third-order valence-corrected chi connectivity index (χ3v) is 6.36. The van der Waals surface area contributed by atoms with Crippen molar-refractivity contribution in [3.8, 4) is 0 Å². The minimum absolute atomic E-state index is 0.808. The molecule has 1 fully saturated rings. The summed E-state index contributed by atoms with van der Waals surface area (Å²) in [5.41, 5.74) is 9.73. The van der Waals surface area contributed by atoms with Crippen LogP contribution in [-0.4, -0.2) is 48.8 Å². The smallest absolute Gasteiger partial charge is 0.152 e. The number of likely N-dealkylation sites (tertiary alicyclic amines) is 1. The SMILES string of the molecule is C1=CC(C2=C3N=CC(c4ccc(CCCN5CCCCC5)cc4)=CN3NC2)=CCN1.CC.CCC. The molecule has 4 aliphatic heterocycles. The summed E-state index contributed by atoms with van der Waals surface area (Å²) in [6, 6.07) is 9.02. The molecule has 2 N–H and O–H groups in total. The average molecular weight is 476 g/mol. The van der Waals surface area contributed by atoms with Gasteiger partial charge in [-0.3, -0.25) is 5.01 Å². The minimum Gasteiger partial charge on any atom is -0.387 e. The Morgan fingerprint density at radius 1 is 0.971 bits per heavy atom. The Morgan fingerprint density at radius 2 is 1.71 bits per heavy atom. The van der Waals surface area contributed by atoms with Gasteiger partial charge in [-0.05, 0) is 74.3 Å². The maximum atomic E-state index is 4.78. The zero-order chi connectivity index (χ0) is 24.9. The van der Waals surface area contributed by atoms with E-state index in [0.29, 0.717) is 0 Å². The largest absolute Gasteiger partial charge is 0.387 e. The summed E-state index contributed by atoms with van der Waals surface area (Å²) in [4.78, 5) is 7.40. The third-order valence-electron chi connectivity index (χ3n) is 6.36. The van der Waals surface area contributed by atoms with Crippen LogP contribution in [0.4, 0.5) is 0 Å². The second kappa shape index (κ2) is 14.7. The average Bonchev–Trinajstić information content (AvgIpc) is 3.35. The van der Waals surface area contributed by atoms with Gasteiger partial charge in [-0.15, -0.1) is 0 Å². The van der Waals surface area contributed by atoms with Crippen LogP contribution in [0, 0.1) is 0 Å². The first-order chi connectivity index (χ1) is 17.3. The second-order valence-electron chi connectivity index (χ2n) is 9.16. The number of nitrogens with one attached hydrogen (secondary N) is 2. The molecule has 0 amide bonds. The summed E-state index contributed by atoms with van der Waals surface area (Å²) in [6.45, 7) is 13.7. The van der Waals surface area contributed by atoms with E-state index < -0.39 is 0 Å². The van der Waals surface area contributed by atoms with Crippen LogP contribution in [0.5, 0.6) is 0 Å². The molecule has 0 atom stereocenters. The van der Waals surface area contributed by atoms with E-state index in [2.05, 4.69) is 77.1 Å². The second-order valence-corrected chi connectivity index (χ2v) is 9.16. The molecule has 0 aliphatic carbocycles. The monoisotopic (exact) mass is 475 g/mol. The molecule has 0 saturated carbocycles. The Morgan fingerprint density at radius 3 is 2.40 bits per heavy atom. The van der Waals surface area contributed by atoms with Crippen molar-refractivity contribution in [3.63, 3.8) is 0 Å². The number of benzene rings is 1. The van der Waals surface area contributed by atoms with Gasteiger partial charge < -0.3 is 10.2 Å². The number of hydrogen-bond acceptors (Lipinski definition) is 5. The van der Waals surface area contributed by atoms with Crippen LogP contribution in [0.2, 0.25) is 0 Å². The van der Waals surface area contributed by atoms with Gasteiger partial charge in [0.15, 0.2) is 5.82 Å². The molecule has 4 heterocycles. The minimum atomic E-state index is 0.808. The fourth-order valence-electron chi connectivity index (χ4n) is 4.62. The summed E-state index contributed by atoms with van der Waals surface area (Å²) in [5.74, 6) is 1.01. The van der Waals surface area contributed by atoms with Crippen molar-refractivity contribution in [2.24, 2.45) is 4.99 Å². The number of allylic oxidation sites excluding steroid dienone is 2. The van der Waals surface area contributed by atoms with Gasteiger partial charge in [-0.1, -0.05) is 70.9 Å². The summed E-state index contributed by atoms with van der Waals surface area (Å²) >= 11 is 0. The standard InChI is InChI=1S/C25H31N5.C3H8.C2H6/c1-2-14-29(15-3-1)16-4-5-20-6-8-21(9-7-20)23-17-27-25-24(18-28-30(25)19-23)22-10-12-26-13-11-22;1-3-2;1-2/h6-12,17,19,26,28H,1-5,13-16,18H2;3H2,1-2H3;1-2H3. The molecule has 0 unspecified atom stereocenters. The molecular weight excluding hydrogens is 430 g/mol. The highest BCUT2D eigenvalue weighted by Gasteiger charge is 2.25. The van der Waals surface area contributed by atoms with Gasteiger partial charge in [0.1, 0.15) is 0 Å². The maximum Gasteiger partial charge on any atom is 0.152 e. The molecule has 5 rings (SSSR count). The Bertz CT molecular complexity index is 930. The van der Waals surface area contributed by atoms with Crippen molar-refractivity contribution < 1.29 is 0 Å². The van der Waals surface area contributed by atoms with Crippen LogP contribution in [0.25, 0.3) is 5.57 Å². The molecule has 1 aromatic carbocycles. The molecule has 0 spiro atoms. The van der Waals surface area contributed by atoms with E-state index >= 15 is 0 Å². The van der Waals surface area contributed by atoms with Gasteiger partial charge >= 0.3 is 0 Å². The number of aliphatic imine (C=N–C) groups is 1.